The summed E-state index contributed by atoms with van der Waals surface area (Å²) in [7, 11) is 0. The molecule has 1 heterocycles. The van der Waals surface area contributed by atoms with Crippen LogP contribution in [0.25, 0.3) is 0 Å². The van der Waals surface area contributed by atoms with Gasteiger partial charge in [-0.25, -0.2) is 0 Å². The number of nitrogens with one attached hydrogen (secondary N) is 1. The van der Waals surface area contributed by atoms with Crippen LogP contribution in [0.5, 0.6) is 0 Å². The Balaban J connectivity index is 2.22. The maximum Gasteiger partial charge on any atom is 0.255 e. The number of nitrogens with zero attached hydrogens (tertiary/aromatic N) is 1. The Morgan fingerprint density at radius 2 is 2.21 bits per heavy atom. The highest BCUT2D eigenvalue weighted by Crippen LogP contribution is 2.27. The number of amides is 1. The number of benzene rings is 1. The van der Waals surface area contributed by atoms with E-state index in [1.165, 1.54) is 5.56 Å². The van der Waals surface area contributed by atoms with Gasteiger partial charge in [0.1, 0.15) is 0 Å². The summed E-state index contributed by atoms with van der Waals surface area (Å²) in [6.45, 7) is 6.82. The largest absolute Gasteiger partial charge is 0.384 e. The standard InChI is InChI=1S/C16H24N2O/c1-3-5-12-18(4-2)16(19)14-10-6-8-13-9-7-11-17-15(13)14/h6,8,10,17H,3-5,7,9,11-12H2,1-2H3. The Morgan fingerprint density at radius 3 is 2.95 bits per heavy atom. The number of carbonyl (C=O) groups excluding carboxylic acids is 1. The molecule has 3 nitrogen and oxygen atoms in total. The molecule has 0 atom stereocenters. The maximum atomic E-state index is 12.6. The van der Waals surface area contributed by atoms with Crippen molar-refractivity contribution in [3.8, 4) is 0 Å². The second-order valence-corrected chi connectivity index (χ2v) is 5.11. The molecule has 2 rings (SSSR count). The van der Waals surface area contributed by atoms with Crippen LogP contribution in [-0.4, -0.2) is 30.4 Å². The molecule has 1 N–H and O–H groups in total. The third-order valence-electron chi connectivity index (χ3n) is 3.76. The van der Waals surface area contributed by atoms with Crippen molar-refractivity contribution in [2.45, 2.75) is 39.5 Å². The number of unbranched alkanes of at least 4 members (excludes halogenated alkanes) is 1. The predicted octanol–water partition coefficient (Wildman–Crippen LogP) is 3.31. The van der Waals surface area contributed by atoms with Gasteiger partial charge in [-0.1, -0.05) is 25.5 Å². The van der Waals surface area contributed by atoms with Crippen molar-refractivity contribution in [3.05, 3.63) is 29.3 Å². The summed E-state index contributed by atoms with van der Waals surface area (Å²) >= 11 is 0. The Kier molecular flexibility index (Phi) is 4.83. The van der Waals surface area contributed by atoms with Gasteiger partial charge in [0.05, 0.1) is 11.3 Å². The van der Waals surface area contributed by atoms with E-state index in [1.54, 1.807) is 0 Å². The molecule has 1 aromatic carbocycles. The quantitative estimate of drug-likeness (QED) is 0.881. The van der Waals surface area contributed by atoms with Gasteiger partial charge in [-0.15, -0.1) is 0 Å². The van der Waals surface area contributed by atoms with Gasteiger partial charge in [0, 0.05) is 19.6 Å². The van der Waals surface area contributed by atoms with Crippen LogP contribution in [0.15, 0.2) is 18.2 Å². The first-order valence-electron chi connectivity index (χ1n) is 7.43. The van der Waals surface area contributed by atoms with Crippen molar-refractivity contribution in [3.63, 3.8) is 0 Å². The summed E-state index contributed by atoms with van der Waals surface area (Å²) in [6, 6.07) is 6.08. The molecule has 0 unspecified atom stereocenters. The van der Waals surface area contributed by atoms with E-state index in [1.807, 2.05) is 17.0 Å². The number of anilines is 1. The second kappa shape index (κ2) is 6.60. The minimum absolute atomic E-state index is 0.169. The van der Waals surface area contributed by atoms with E-state index in [9.17, 15) is 4.79 Å². The van der Waals surface area contributed by atoms with Gasteiger partial charge in [-0.3, -0.25) is 4.79 Å². The number of para-hydroxylation sites is 1. The van der Waals surface area contributed by atoms with Gasteiger partial charge < -0.3 is 10.2 Å². The highest BCUT2D eigenvalue weighted by Gasteiger charge is 2.20. The van der Waals surface area contributed by atoms with E-state index in [2.05, 4.69) is 25.2 Å². The van der Waals surface area contributed by atoms with Crippen LogP contribution in [0.2, 0.25) is 0 Å². The Labute approximate surface area is 116 Å². The fourth-order valence-corrected chi connectivity index (χ4v) is 2.61. The SMILES string of the molecule is CCCCN(CC)C(=O)c1cccc2c1NCCC2. The number of hydrogen-bond donors (Lipinski definition) is 1. The summed E-state index contributed by atoms with van der Waals surface area (Å²) in [4.78, 5) is 14.6. The summed E-state index contributed by atoms with van der Waals surface area (Å²) < 4.78 is 0. The van der Waals surface area contributed by atoms with E-state index in [0.29, 0.717) is 0 Å². The molecule has 0 fully saturated rings. The number of rotatable bonds is 5. The van der Waals surface area contributed by atoms with Crippen LogP contribution >= 0.6 is 0 Å². The molecule has 1 amide bonds. The van der Waals surface area contributed by atoms with Crippen molar-refractivity contribution in [1.82, 2.24) is 4.90 Å². The zero-order chi connectivity index (χ0) is 13.7. The van der Waals surface area contributed by atoms with E-state index in [4.69, 9.17) is 0 Å². The Bertz CT molecular complexity index is 442. The molecule has 0 aromatic heterocycles. The molecule has 3 heteroatoms. The molecule has 0 spiro atoms. The van der Waals surface area contributed by atoms with Crippen molar-refractivity contribution in [2.75, 3.05) is 25.0 Å². The Morgan fingerprint density at radius 1 is 1.37 bits per heavy atom. The molecule has 19 heavy (non-hydrogen) atoms. The molecular weight excluding hydrogens is 236 g/mol. The molecule has 0 radical (unpaired) electrons. The lowest BCUT2D eigenvalue weighted by Gasteiger charge is -2.25. The highest BCUT2D eigenvalue weighted by atomic mass is 16.2. The minimum Gasteiger partial charge on any atom is -0.384 e. The van der Waals surface area contributed by atoms with Crippen molar-refractivity contribution >= 4 is 11.6 Å². The monoisotopic (exact) mass is 260 g/mol. The lowest BCUT2D eigenvalue weighted by atomic mass is 9.98. The van der Waals surface area contributed by atoms with Gasteiger partial charge in [0.2, 0.25) is 0 Å². The smallest absolute Gasteiger partial charge is 0.255 e. The third-order valence-corrected chi connectivity index (χ3v) is 3.76. The average molecular weight is 260 g/mol. The zero-order valence-electron chi connectivity index (χ0n) is 12.0. The first-order chi connectivity index (χ1) is 9.27. The normalized spacial score (nSPS) is 13.6. The molecule has 0 saturated heterocycles. The molecule has 0 saturated carbocycles. The maximum absolute atomic E-state index is 12.6. The van der Waals surface area contributed by atoms with E-state index in [0.717, 1.165) is 56.6 Å². The van der Waals surface area contributed by atoms with Crippen LogP contribution in [0.1, 0.15) is 49.0 Å². The average Bonchev–Trinajstić information content (AvgIpc) is 2.47. The van der Waals surface area contributed by atoms with Gasteiger partial charge in [-0.05, 0) is 37.8 Å². The molecule has 104 valence electrons. The summed E-state index contributed by atoms with van der Waals surface area (Å²) in [6.07, 6.45) is 4.42. The van der Waals surface area contributed by atoms with Crippen LogP contribution in [0, 0.1) is 0 Å². The molecule has 0 bridgehead atoms. The first kappa shape index (κ1) is 13.9. The zero-order valence-corrected chi connectivity index (χ0v) is 12.0. The van der Waals surface area contributed by atoms with Crippen molar-refractivity contribution in [1.29, 1.82) is 0 Å². The third kappa shape index (κ3) is 3.09. The first-order valence-corrected chi connectivity index (χ1v) is 7.43. The predicted molar refractivity (Wildman–Crippen MR) is 79.7 cm³/mol. The molecule has 1 aliphatic rings. The molecule has 1 aromatic rings. The molecule has 1 aliphatic heterocycles. The van der Waals surface area contributed by atoms with Crippen molar-refractivity contribution in [2.24, 2.45) is 0 Å². The van der Waals surface area contributed by atoms with Crippen LogP contribution in [0.4, 0.5) is 5.69 Å². The summed E-state index contributed by atoms with van der Waals surface area (Å²) in [5.74, 6) is 0.169. The van der Waals surface area contributed by atoms with Crippen LogP contribution in [0.3, 0.4) is 0 Å². The summed E-state index contributed by atoms with van der Waals surface area (Å²) in [5.41, 5.74) is 3.19. The fraction of sp³-hybridized carbons (Fsp3) is 0.562. The van der Waals surface area contributed by atoms with E-state index >= 15 is 0 Å². The topological polar surface area (TPSA) is 32.3 Å². The highest BCUT2D eigenvalue weighted by molar-refractivity contribution is 6.00. The van der Waals surface area contributed by atoms with E-state index in [-0.39, 0.29) is 5.91 Å². The molecular formula is C16H24N2O. The van der Waals surface area contributed by atoms with E-state index < -0.39 is 0 Å². The minimum atomic E-state index is 0.169. The number of carbonyl (C=O) groups is 1. The van der Waals surface area contributed by atoms with Gasteiger partial charge >= 0.3 is 0 Å². The summed E-state index contributed by atoms with van der Waals surface area (Å²) in [5, 5.41) is 3.40. The second-order valence-electron chi connectivity index (χ2n) is 5.11. The fourth-order valence-electron chi connectivity index (χ4n) is 2.61. The van der Waals surface area contributed by atoms with Gasteiger partial charge in [-0.2, -0.15) is 0 Å². The van der Waals surface area contributed by atoms with Crippen LogP contribution < -0.4 is 5.32 Å². The van der Waals surface area contributed by atoms with Crippen molar-refractivity contribution < 1.29 is 4.79 Å². The molecule has 0 aliphatic carbocycles. The lowest BCUT2D eigenvalue weighted by molar-refractivity contribution is 0.0763. The van der Waals surface area contributed by atoms with Crippen LogP contribution in [-0.2, 0) is 6.42 Å². The van der Waals surface area contributed by atoms with Gasteiger partial charge in [0.25, 0.3) is 5.91 Å². The van der Waals surface area contributed by atoms with Gasteiger partial charge in [0.15, 0.2) is 0 Å². The number of hydrogen-bond acceptors (Lipinski definition) is 2. The Hall–Kier alpha value is -1.51. The number of aryl methyl sites for hydroxylation is 1. The lowest BCUT2D eigenvalue weighted by Crippen LogP contribution is -2.32. The number of fused-ring (bicyclic) bond motifs is 1.